The third-order valence-electron chi connectivity index (χ3n) is 2.78. The lowest BCUT2D eigenvalue weighted by Crippen LogP contribution is -2.21. The summed E-state index contributed by atoms with van der Waals surface area (Å²) in [5.74, 6) is 1.27. The fraction of sp³-hybridized carbons (Fsp3) is 0.385. The van der Waals surface area contributed by atoms with Crippen LogP contribution in [0.4, 0.5) is 0 Å². The molecule has 2 aromatic rings. The van der Waals surface area contributed by atoms with Crippen molar-refractivity contribution in [2.24, 2.45) is 5.73 Å². The minimum Gasteiger partial charge on any atom is -0.484 e. The van der Waals surface area contributed by atoms with E-state index in [0.29, 0.717) is 5.82 Å². The summed E-state index contributed by atoms with van der Waals surface area (Å²) in [5.41, 5.74) is 7.13. The summed E-state index contributed by atoms with van der Waals surface area (Å²) >= 11 is 3.49. The molecule has 0 amide bonds. The van der Waals surface area contributed by atoms with Crippen LogP contribution in [0.15, 0.2) is 33.6 Å². The fourth-order valence-corrected chi connectivity index (χ4v) is 2.17. The van der Waals surface area contributed by atoms with Crippen LogP contribution in [0.3, 0.4) is 0 Å². The Kier molecular flexibility index (Phi) is 4.93. The highest BCUT2D eigenvalue weighted by Crippen LogP contribution is 2.27. The number of nitrogens with zero attached hydrogens (tertiary/aromatic N) is 2. The Balaban J connectivity index is 1.98. The van der Waals surface area contributed by atoms with Crippen LogP contribution < -0.4 is 10.5 Å². The highest BCUT2D eigenvalue weighted by Gasteiger charge is 2.07. The second kappa shape index (κ2) is 6.68. The molecule has 0 spiro atoms. The van der Waals surface area contributed by atoms with E-state index in [-0.39, 0.29) is 12.6 Å². The molecule has 0 radical (unpaired) electrons. The number of halogens is 1. The summed E-state index contributed by atoms with van der Waals surface area (Å²) in [7, 11) is 0. The van der Waals surface area contributed by atoms with Gasteiger partial charge >= 0.3 is 0 Å². The third-order valence-corrected chi connectivity index (χ3v) is 3.40. The number of hydrogen-bond acceptors (Lipinski definition) is 5. The number of ether oxygens (including phenoxy) is 1. The van der Waals surface area contributed by atoms with Crippen molar-refractivity contribution in [1.82, 2.24) is 10.1 Å². The van der Waals surface area contributed by atoms with Gasteiger partial charge in [0.1, 0.15) is 5.75 Å². The molecule has 0 saturated heterocycles. The second-order valence-corrected chi connectivity index (χ2v) is 5.13. The Morgan fingerprint density at radius 3 is 2.95 bits per heavy atom. The highest BCUT2D eigenvalue weighted by atomic mass is 79.9. The number of rotatable bonds is 6. The van der Waals surface area contributed by atoms with Crippen LogP contribution in [0.1, 0.15) is 24.7 Å². The van der Waals surface area contributed by atoms with Crippen LogP contribution in [0.25, 0.3) is 0 Å². The lowest BCUT2D eigenvalue weighted by molar-refractivity contribution is 0.285. The molecule has 19 heavy (non-hydrogen) atoms. The third kappa shape index (κ3) is 4.04. The van der Waals surface area contributed by atoms with Crippen molar-refractivity contribution in [1.29, 1.82) is 0 Å². The Morgan fingerprint density at radius 1 is 1.47 bits per heavy atom. The van der Waals surface area contributed by atoms with Crippen LogP contribution in [-0.2, 0) is 13.0 Å². The van der Waals surface area contributed by atoms with Crippen molar-refractivity contribution in [3.63, 3.8) is 0 Å². The first-order valence-electron chi connectivity index (χ1n) is 6.11. The minimum atomic E-state index is 0.193. The number of hydrogen-bond donors (Lipinski definition) is 1. The molecular formula is C13H16BrN3O2. The molecule has 1 heterocycles. The Morgan fingerprint density at radius 2 is 2.32 bits per heavy atom. The van der Waals surface area contributed by atoms with Gasteiger partial charge in [0.2, 0.25) is 12.2 Å². The molecule has 0 aliphatic heterocycles. The standard InChI is InChI=1S/C13H16BrN3O2/c1-2-10(15)5-9-3-4-12(11(14)6-9)18-7-13-16-8-19-17-13/h3-4,6,8,10H,2,5,7,15H2,1H3. The maximum absolute atomic E-state index is 5.94. The number of benzene rings is 1. The molecule has 0 aliphatic rings. The molecule has 1 aromatic carbocycles. The van der Waals surface area contributed by atoms with Crippen molar-refractivity contribution in [3.05, 3.63) is 40.5 Å². The van der Waals surface area contributed by atoms with Gasteiger partial charge in [-0.1, -0.05) is 18.1 Å². The first-order chi connectivity index (χ1) is 9.19. The molecule has 0 bridgehead atoms. The van der Waals surface area contributed by atoms with Gasteiger partial charge in [-0.3, -0.25) is 0 Å². The summed E-state index contributed by atoms with van der Waals surface area (Å²) in [6.07, 6.45) is 3.11. The maximum atomic E-state index is 5.94. The molecule has 1 aromatic heterocycles. The van der Waals surface area contributed by atoms with Gasteiger partial charge in [0.25, 0.3) is 0 Å². The van der Waals surface area contributed by atoms with Crippen LogP contribution in [0, 0.1) is 0 Å². The number of aromatic nitrogens is 2. The molecule has 5 nitrogen and oxygen atoms in total. The number of nitrogens with two attached hydrogens (primary N) is 1. The predicted octanol–water partition coefficient (Wildman–Crippen LogP) is 2.69. The van der Waals surface area contributed by atoms with Crippen molar-refractivity contribution in [2.45, 2.75) is 32.4 Å². The van der Waals surface area contributed by atoms with Gasteiger partial charge in [0, 0.05) is 6.04 Å². The van der Waals surface area contributed by atoms with Crippen LogP contribution in [0.5, 0.6) is 5.75 Å². The smallest absolute Gasteiger partial charge is 0.213 e. The van der Waals surface area contributed by atoms with Gasteiger partial charge in [-0.2, -0.15) is 4.98 Å². The largest absolute Gasteiger partial charge is 0.484 e. The van der Waals surface area contributed by atoms with Crippen molar-refractivity contribution >= 4 is 15.9 Å². The van der Waals surface area contributed by atoms with Gasteiger partial charge < -0.3 is 15.0 Å². The van der Waals surface area contributed by atoms with Gasteiger partial charge in [-0.25, -0.2) is 0 Å². The summed E-state index contributed by atoms with van der Waals surface area (Å²) in [6.45, 7) is 2.37. The van der Waals surface area contributed by atoms with E-state index >= 15 is 0 Å². The van der Waals surface area contributed by atoms with E-state index in [1.807, 2.05) is 18.2 Å². The van der Waals surface area contributed by atoms with Gasteiger partial charge in [0.15, 0.2) is 6.61 Å². The zero-order valence-corrected chi connectivity index (χ0v) is 12.3. The quantitative estimate of drug-likeness (QED) is 0.883. The van der Waals surface area contributed by atoms with E-state index in [1.165, 1.54) is 12.0 Å². The molecule has 0 aliphatic carbocycles. The molecule has 1 atom stereocenters. The summed E-state index contributed by atoms with van der Waals surface area (Å²) < 4.78 is 11.1. The van der Waals surface area contributed by atoms with Crippen molar-refractivity contribution in [2.75, 3.05) is 0 Å². The lowest BCUT2D eigenvalue weighted by atomic mass is 10.0. The first-order valence-corrected chi connectivity index (χ1v) is 6.90. The van der Waals surface area contributed by atoms with Crippen molar-refractivity contribution in [3.8, 4) is 5.75 Å². The lowest BCUT2D eigenvalue weighted by Gasteiger charge is -2.11. The maximum Gasteiger partial charge on any atom is 0.213 e. The molecule has 2 rings (SSSR count). The molecule has 0 fully saturated rings. The Labute approximate surface area is 120 Å². The predicted molar refractivity (Wildman–Crippen MR) is 74.7 cm³/mol. The summed E-state index contributed by atoms with van der Waals surface area (Å²) in [4.78, 5) is 3.89. The van der Waals surface area contributed by atoms with Gasteiger partial charge in [0.05, 0.1) is 4.47 Å². The Hall–Kier alpha value is -1.40. The average molecular weight is 326 g/mol. The zero-order chi connectivity index (χ0) is 13.7. The Bertz CT molecular complexity index is 517. The fourth-order valence-electron chi connectivity index (χ4n) is 1.63. The zero-order valence-electron chi connectivity index (χ0n) is 10.7. The average Bonchev–Trinajstić information content (AvgIpc) is 2.91. The molecule has 102 valence electrons. The van der Waals surface area contributed by atoms with Gasteiger partial charge in [-0.05, 0) is 46.5 Å². The highest BCUT2D eigenvalue weighted by molar-refractivity contribution is 9.10. The molecule has 1 unspecified atom stereocenters. The summed E-state index contributed by atoms with van der Waals surface area (Å²) in [6, 6.07) is 6.16. The van der Waals surface area contributed by atoms with Gasteiger partial charge in [-0.15, -0.1) is 0 Å². The first kappa shape index (κ1) is 14.0. The van der Waals surface area contributed by atoms with E-state index in [0.717, 1.165) is 23.1 Å². The second-order valence-electron chi connectivity index (χ2n) is 4.27. The minimum absolute atomic E-state index is 0.193. The van der Waals surface area contributed by atoms with Crippen LogP contribution in [-0.4, -0.2) is 16.2 Å². The monoisotopic (exact) mass is 325 g/mol. The van der Waals surface area contributed by atoms with E-state index in [9.17, 15) is 0 Å². The molecular weight excluding hydrogens is 310 g/mol. The molecule has 6 heteroatoms. The normalized spacial score (nSPS) is 12.4. The molecule has 2 N–H and O–H groups in total. The van der Waals surface area contributed by atoms with E-state index < -0.39 is 0 Å². The molecule has 0 saturated carbocycles. The van der Waals surface area contributed by atoms with Crippen LogP contribution >= 0.6 is 15.9 Å². The topological polar surface area (TPSA) is 74.2 Å². The van der Waals surface area contributed by atoms with E-state index in [2.05, 4.69) is 37.5 Å². The summed E-state index contributed by atoms with van der Waals surface area (Å²) in [5, 5.41) is 3.69. The van der Waals surface area contributed by atoms with E-state index in [1.54, 1.807) is 0 Å². The van der Waals surface area contributed by atoms with E-state index in [4.69, 9.17) is 10.5 Å². The van der Waals surface area contributed by atoms with Crippen LogP contribution in [0.2, 0.25) is 0 Å². The van der Waals surface area contributed by atoms with Crippen molar-refractivity contribution < 1.29 is 9.26 Å². The SMILES string of the molecule is CCC(N)Cc1ccc(OCc2ncon2)c(Br)c1.